The number of hydrogen-bond acceptors (Lipinski definition) is 5. The first-order valence-corrected chi connectivity index (χ1v) is 9.30. The van der Waals surface area contributed by atoms with E-state index in [2.05, 4.69) is 5.32 Å². The number of sulfonamides is 1. The number of carbonyl (C=O) groups excluding carboxylic acids is 1. The zero-order chi connectivity index (χ0) is 16.2. The van der Waals surface area contributed by atoms with Crippen molar-refractivity contribution in [3.05, 3.63) is 23.3 Å². The summed E-state index contributed by atoms with van der Waals surface area (Å²) in [5.41, 5.74) is 7.73. The number of primary sulfonamides is 1. The van der Waals surface area contributed by atoms with Gasteiger partial charge in [0, 0.05) is 5.69 Å². The van der Waals surface area contributed by atoms with Crippen molar-refractivity contribution in [2.75, 3.05) is 17.3 Å². The highest BCUT2D eigenvalue weighted by Crippen LogP contribution is 2.23. The van der Waals surface area contributed by atoms with Crippen LogP contribution >= 0.6 is 11.8 Å². The van der Waals surface area contributed by atoms with Crippen LogP contribution in [0.15, 0.2) is 17.0 Å². The third kappa shape index (κ3) is 4.99. The van der Waals surface area contributed by atoms with E-state index in [1.54, 1.807) is 25.6 Å². The van der Waals surface area contributed by atoms with E-state index in [1.165, 1.54) is 12.1 Å². The average Bonchev–Trinajstić information content (AvgIpc) is 2.39. The molecule has 0 fully saturated rings. The summed E-state index contributed by atoms with van der Waals surface area (Å²) in [6.45, 7) is 3.55. The Kier molecular flexibility index (Phi) is 6.21. The van der Waals surface area contributed by atoms with Crippen LogP contribution in [0.1, 0.15) is 17.5 Å². The van der Waals surface area contributed by atoms with Gasteiger partial charge in [0.25, 0.3) is 0 Å². The Balaban J connectivity index is 3.03. The second-order valence-corrected chi connectivity index (χ2v) is 7.38. The lowest BCUT2D eigenvalue weighted by molar-refractivity contribution is -0.117. The van der Waals surface area contributed by atoms with Gasteiger partial charge in [0.15, 0.2) is 0 Å². The van der Waals surface area contributed by atoms with Crippen molar-refractivity contribution >= 4 is 33.4 Å². The summed E-state index contributed by atoms with van der Waals surface area (Å²) in [6, 6.07) is 2.21. The molecule has 0 bridgehead atoms. The molecule has 0 aliphatic heterocycles. The maximum Gasteiger partial charge on any atom is 0.241 e. The van der Waals surface area contributed by atoms with Gasteiger partial charge in [-0.1, -0.05) is 0 Å². The maximum atomic E-state index is 12.0. The molecule has 0 aliphatic carbocycles. The molecule has 0 unspecified atom stereocenters. The highest BCUT2D eigenvalue weighted by molar-refractivity contribution is 7.98. The smallest absolute Gasteiger partial charge is 0.241 e. The summed E-state index contributed by atoms with van der Waals surface area (Å²) in [6.07, 6.45) is 2.49. The molecule has 6 nitrogen and oxygen atoms in total. The Morgan fingerprint density at radius 1 is 1.38 bits per heavy atom. The van der Waals surface area contributed by atoms with E-state index in [4.69, 9.17) is 10.9 Å². The second-order valence-electron chi connectivity index (χ2n) is 4.83. The van der Waals surface area contributed by atoms with Gasteiger partial charge < -0.3 is 11.1 Å². The fraction of sp³-hybridized carbons (Fsp3) is 0.462. The highest BCUT2D eigenvalue weighted by Gasteiger charge is 2.17. The zero-order valence-electron chi connectivity index (χ0n) is 12.3. The molecule has 5 N–H and O–H groups in total. The monoisotopic (exact) mass is 331 g/mol. The van der Waals surface area contributed by atoms with Gasteiger partial charge in [0.1, 0.15) is 0 Å². The van der Waals surface area contributed by atoms with E-state index >= 15 is 0 Å². The third-order valence-corrected chi connectivity index (χ3v) is 4.73. The number of nitrogens with one attached hydrogen (secondary N) is 1. The van der Waals surface area contributed by atoms with Crippen LogP contribution in [0.4, 0.5) is 5.69 Å². The summed E-state index contributed by atoms with van der Waals surface area (Å²) < 4.78 is 22.9. The fourth-order valence-corrected chi connectivity index (χ4v) is 2.83. The largest absolute Gasteiger partial charge is 0.324 e. The number of thioether (sulfide) groups is 1. The lowest BCUT2D eigenvalue weighted by Gasteiger charge is -2.15. The van der Waals surface area contributed by atoms with Gasteiger partial charge >= 0.3 is 0 Å². The molecule has 1 atom stereocenters. The lowest BCUT2D eigenvalue weighted by Crippen LogP contribution is -2.36. The quantitative estimate of drug-likeness (QED) is 0.718. The number of benzene rings is 1. The van der Waals surface area contributed by atoms with Crippen LogP contribution in [0.2, 0.25) is 0 Å². The molecule has 118 valence electrons. The van der Waals surface area contributed by atoms with Crippen molar-refractivity contribution in [3.8, 4) is 0 Å². The molecule has 1 amide bonds. The number of nitrogens with two attached hydrogens (primary N) is 2. The molecule has 1 rings (SSSR count). The standard InChI is InChI=1S/C13H21N3O3S2/c1-8-6-10(21(15,18)19)7-12(9(8)2)16-13(17)11(14)4-5-20-3/h6-7,11H,4-5,14H2,1-3H3,(H,16,17)(H2,15,18,19)/t11-/m1/s1. The van der Waals surface area contributed by atoms with Crippen molar-refractivity contribution in [2.45, 2.75) is 31.2 Å². The first kappa shape index (κ1) is 18.0. The van der Waals surface area contributed by atoms with Crippen LogP contribution in [0.25, 0.3) is 0 Å². The maximum absolute atomic E-state index is 12.0. The summed E-state index contributed by atoms with van der Waals surface area (Å²) in [5, 5.41) is 7.81. The Bertz CT molecular complexity index is 630. The number of anilines is 1. The Morgan fingerprint density at radius 3 is 2.52 bits per heavy atom. The Hall–Kier alpha value is -1.09. The van der Waals surface area contributed by atoms with Crippen molar-refractivity contribution in [3.63, 3.8) is 0 Å². The number of hydrogen-bond donors (Lipinski definition) is 3. The summed E-state index contributed by atoms with van der Waals surface area (Å²) in [7, 11) is -3.82. The number of amides is 1. The van der Waals surface area contributed by atoms with E-state index in [0.29, 0.717) is 12.1 Å². The minimum Gasteiger partial charge on any atom is -0.324 e. The predicted octanol–water partition coefficient (Wildman–Crippen LogP) is 0.970. The molecule has 1 aromatic carbocycles. The molecule has 0 heterocycles. The third-order valence-electron chi connectivity index (χ3n) is 3.20. The average molecular weight is 331 g/mol. The minimum atomic E-state index is -3.82. The molecular weight excluding hydrogens is 310 g/mol. The topological polar surface area (TPSA) is 115 Å². The second kappa shape index (κ2) is 7.26. The normalized spacial score (nSPS) is 13.0. The van der Waals surface area contributed by atoms with Crippen LogP contribution in [0.3, 0.4) is 0 Å². The molecule has 0 saturated carbocycles. The minimum absolute atomic E-state index is 0.0291. The number of carbonyl (C=O) groups is 1. The van der Waals surface area contributed by atoms with E-state index in [-0.39, 0.29) is 10.8 Å². The van der Waals surface area contributed by atoms with Crippen molar-refractivity contribution < 1.29 is 13.2 Å². The predicted molar refractivity (Wildman–Crippen MR) is 86.9 cm³/mol. The summed E-state index contributed by atoms with van der Waals surface area (Å²) in [5.74, 6) is 0.446. The highest BCUT2D eigenvalue weighted by atomic mass is 32.2. The lowest BCUT2D eigenvalue weighted by atomic mass is 10.1. The van der Waals surface area contributed by atoms with Crippen molar-refractivity contribution in [1.29, 1.82) is 0 Å². The van der Waals surface area contributed by atoms with Gasteiger partial charge in [-0.25, -0.2) is 13.6 Å². The van der Waals surface area contributed by atoms with E-state index in [9.17, 15) is 13.2 Å². The summed E-state index contributed by atoms with van der Waals surface area (Å²) in [4.78, 5) is 12.0. The first-order chi connectivity index (χ1) is 9.66. The van der Waals surface area contributed by atoms with E-state index in [1.807, 2.05) is 6.26 Å². The molecular formula is C13H21N3O3S2. The first-order valence-electron chi connectivity index (χ1n) is 6.36. The Morgan fingerprint density at radius 2 is 2.00 bits per heavy atom. The van der Waals surface area contributed by atoms with Gasteiger partial charge in [-0.15, -0.1) is 0 Å². The molecule has 0 aromatic heterocycles. The van der Waals surface area contributed by atoms with Crippen LogP contribution < -0.4 is 16.2 Å². The van der Waals surface area contributed by atoms with E-state index in [0.717, 1.165) is 16.9 Å². The molecule has 0 radical (unpaired) electrons. The molecule has 8 heteroatoms. The zero-order valence-corrected chi connectivity index (χ0v) is 14.0. The molecule has 21 heavy (non-hydrogen) atoms. The van der Waals surface area contributed by atoms with Crippen molar-refractivity contribution in [2.24, 2.45) is 10.9 Å². The van der Waals surface area contributed by atoms with E-state index < -0.39 is 16.1 Å². The van der Waals surface area contributed by atoms with Crippen LogP contribution in [-0.4, -0.2) is 32.4 Å². The Labute approximate surface area is 129 Å². The van der Waals surface area contributed by atoms with Crippen molar-refractivity contribution in [1.82, 2.24) is 0 Å². The van der Waals surface area contributed by atoms with Crippen LogP contribution in [-0.2, 0) is 14.8 Å². The molecule has 0 spiro atoms. The fourth-order valence-electron chi connectivity index (χ4n) is 1.72. The number of rotatable bonds is 6. The number of aryl methyl sites for hydroxylation is 1. The van der Waals surface area contributed by atoms with Gasteiger partial charge in [0.2, 0.25) is 15.9 Å². The van der Waals surface area contributed by atoms with Gasteiger partial charge in [-0.2, -0.15) is 11.8 Å². The molecule has 0 saturated heterocycles. The van der Waals surface area contributed by atoms with Crippen LogP contribution in [0.5, 0.6) is 0 Å². The van der Waals surface area contributed by atoms with Gasteiger partial charge in [0.05, 0.1) is 10.9 Å². The molecule has 0 aliphatic rings. The van der Waals surface area contributed by atoms with Crippen LogP contribution in [0, 0.1) is 13.8 Å². The summed E-state index contributed by atoms with van der Waals surface area (Å²) >= 11 is 1.61. The van der Waals surface area contributed by atoms with Gasteiger partial charge in [-0.05, 0) is 55.5 Å². The SMILES string of the molecule is CSCC[C@@H](N)C(=O)Nc1cc(S(N)(=O)=O)cc(C)c1C. The van der Waals surface area contributed by atoms with Gasteiger partial charge in [-0.3, -0.25) is 4.79 Å². The molecule has 1 aromatic rings.